The van der Waals surface area contributed by atoms with Gasteiger partial charge in [-0.1, -0.05) is 83.1 Å². The number of benzene rings is 3. The average Bonchev–Trinajstić information content (AvgIpc) is 3.06. The first kappa shape index (κ1) is 35.8. The van der Waals surface area contributed by atoms with Crippen LogP contribution in [-0.4, -0.2) is 35.2 Å². The molecule has 0 aliphatic rings. The number of carboxylic acids is 1. The third-order valence-corrected chi connectivity index (χ3v) is 7.60. The van der Waals surface area contributed by atoms with Gasteiger partial charge in [0.2, 0.25) is 5.75 Å². The summed E-state index contributed by atoms with van der Waals surface area (Å²) in [6.07, 6.45) is 12.2. The van der Waals surface area contributed by atoms with Crippen LogP contribution in [-0.2, 0) is 4.79 Å². The molecule has 9 heteroatoms. The molecule has 0 aromatic heterocycles. The Labute approximate surface area is 271 Å². The van der Waals surface area contributed by atoms with Crippen molar-refractivity contribution in [3.63, 3.8) is 0 Å². The summed E-state index contributed by atoms with van der Waals surface area (Å²) in [4.78, 5) is 34.8. The van der Waals surface area contributed by atoms with Gasteiger partial charge in [0.15, 0.2) is 0 Å². The summed E-state index contributed by atoms with van der Waals surface area (Å²) in [5.41, 5.74) is 1.66. The Bertz CT molecular complexity index is 1420. The molecular weight excluding hydrogens is 586 g/mol. The van der Waals surface area contributed by atoms with Crippen molar-refractivity contribution in [2.45, 2.75) is 84.0 Å². The number of hydrogen-bond acceptors (Lipinski definition) is 7. The van der Waals surface area contributed by atoms with Gasteiger partial charge in [-0.2, -0.15) is 0 Å². The summed E-state index contributed by atoms with van der Waals surface area (Å²) >= 11 is 0. The highest BCUT2D eigenvalue weighted by atomic mass is 16.6. The largest absolute Gasteiger partial charge is 0.494 e. The summed E-state index contributed by atoms with van der Waals surface area (Å²) in [5.74, 6) is -0.341. The van der Waals surface area contributed by atoms with Gasteiger partial charge >= 0.3 is 17.6 Å². The number of carbonyl (C=O) groups is 2. The Balaban J connectivity index is 1.38. The molecule has 0 saturated carbocycles. The number of nitro benzene ring substituents is 1. The van der Waals surface area contributed by atoms with Gasteiger partial charge in [-0.15, -0.1) is 0 Å². The van der Waals surface area contributed by atoms with E-state index in [9.17, 15) is 19.7 Å². The number of ether oxygens (including phenoxy) is 3. The van der Waals surface area contributed by atoms with Gasteiger partial charge in [0.1, 0.15) is 11.5 Å². The van der Waals surface area contributed by atoms with Crippen molar-refractivity contribution in [1.29, 1.82) is 0 Å². The molecule has 3 aromatic carbocycles. The molecule has 9 nitrogen and oxygen atoms in total. The Kier molecular flexibility index (Phi) is 15.3. The van der Waals surface area contributed by atoms with Crippen LogP contribution >= 0.6 is 0 Å². The standard InChI is InChI=1S/C37H45NO8/c1-3-4-25-44-32-20-15-29(16-21-32)31-19-24-35(34(27-31)38(42)43)46-37(41)30-17-22-33(23-18-30)45-26-13-11-9-7-5-6-8-10-12-14-28(2)36(39)40/h15-24,27H,2-14,25-26H2,1H3,(H,39,40). The quantitative estimate of drug-likeness (QED) is 0.0290. The second-order valence-electron chi connectivity index (χ2n) is 11.3. The monoisotopic (exact) mass is 631 g/mol. The van der Waals surface area contributed by atoms with Crippen molar-refractivity contribution in [3.05, 3.63) is 94.6 Å². The molecule has 0 unspecified atom stereocenters. The van der Waals surface area contributed by atoms with Crippen LogP contribution in [0.25, 0.3) is 11.1 Å². The number of aliphatic carboxylic acids is 1. The SMILES string of the molecule is C=C(CCCCCCCCCCCOc1ccc(C(=O)Oc2ccc(-c3ccc(OCCCC)cc3)cc2[N+](=O)[O-])cc1)C(=O)O. The fraction of sp³-hybridized carbons (Fsp3) is 0.405. The molecule has 0 heterocycles. The third kappa shape index (κ3) is 12.4. The minimum absolute atomic E-state index is 0.124. The van der Waals surface area contributed by atoms with Crippen molar-refractivity contribution in [1.82, 2.24) is 0 Å². The number of unbranched alkanes of at least 4 members (excludes halogenated alkanes) is 9. The maximum atomic E-state index is 12.8. The third-order valence-electron chi connectivity index (χ3n) is 7.60. The molecule has 0 radical (unpaired) electrons. The van der Waals surface area contributed by atoms with E-state index in [2.05, 4.69) is 13.5 Å². The summed E-state index contributed by atoms with van der Waals surface area (Å²) in [6.45, 7) is 6.86. The molecular formula is C37H45NO8. The van der Waals surface area contributed by atoms with Crippen molar-refractivity contribution in [2.24, 2.45) is 0 Å². The molecule has 0 amide bonds. The number of rotatable bonds is 22. The topological polar surface area (TPSA) is 125 Å². The van der Waals surface area contributed by atoms with E-state index in [1.165, 1.54) is 25.0 Å². The minimum atomic E-state index is -0.902. The number of carboxylic acid groups (broad SMARTS) is 1. The molecule has 0 aliphatic heterocycles. The summed E-state index contributed by atoms with van der Waals surface area (Å²) < 4.78 is 16.9. The van der Waals surface area contributed by atoms with E-state index < -0.39 is 16.9 Å². The van der Waals surface area contributed by atoms with Crippen LogP contribution in [0.4, 0.5) is 5.69 Å². The van der Waals surface area contributed by atoms with Gasteiger partial charge in [0.05, 0.1) is 23.7 Å². The van der Waals surface area contributed by atoms with Crippen LogP contribution in [0, 0.1) is 10.1 Å². The van der Waals surface area contributed by atoms with Crippen LogP contribution in [0.5, 0.6) is 17.2 Å². The summed E-state index contributed by atoms with van der Waals surface area (Å²) in [6, 6.07) is 18.4. The van der Waals surface area contributed by atoms with Crippen molar-refractivity contribution >= 4 is 17.6 Å². The van der Waals surface area contributed by atoms with E-state index in [4.69, 9.17) is 19.3 Å². The lowest BCUT2D eigenvalue weighted by molar-refractivity contribution is -0.385. The van der Waals surface area contributed by atoms with Crippen LogP contribution in [0.15, 0.2) is 78.9 Å². The van der Waals surface area contributed by atoms with E-state index in [1.807, 2.05) is 24.3 Å². The Morgan fingerprint density at radius 3 is 1.83 bits per heavy atom. The molecule has 46 heavy (non-hydrogen) atoms. The van der Waals surface area contributed by atoms with Crippen molar-refractivity contribution < 1.29 is 33.8 Å². The maximum Gasteiger partial charge on any atom is 0.343 e. The first-order valence-electron chi connectivity index (χ1n) is 16.2. The number of hydrogen-bond donors (Lipinski definition) is 1. The fourth-order valence-electron chi connectivity index (χ4n) is 4.82. The number of nitro groups is 1. The van der Waals surface area contributed by atoms with Gasteiger partial charge in [0, 0.05) is 11.6 Å². The summed E-state index contributed by atoms with van der Waals surface area (Å²) in [7, 11) is 0. The van der Waals surface area contributed by atoms with Gasteiger partial charge in [0.25, 0.3) is 0 Å². The first-order chi connectivity index (χ1) is 22.3. The smallest absolute Gasteiger partial charge is 0.343 e. The van der Waals surface area contributed by atoms with Gasteiger partial charge in [-0.05, 0) is 79.3 Å². The lowest BCUT2D eigenvalue weighted by atomic mass is 10.0. The van der Waals surface area contributed by atoms with E-state index in [1.54, 1.807) is 30.3 Å². The van der Waals surface area contributed by atoms with Crippen molar-refractivity contribution in [2.75, 3.05) is 13.2 Å². The fourth-order valence-corrected chi connectivity index (χ4v) is 4.82. The van der Waals surface area contributed by atoms with E-state index >= 15 is 0 Å². The van der Waals surface area contributed by atoms with Gasteiger partial charge < -0.3 is 19.3 Å². The van der Waals surface area contributed by atoms with Crippen LogP contribution in [0.1, 0.15) is 94.3 Å². The zero-order valence-electron chi connectivity index (χ0n) is 26.7. The van der Waals surface area contributed by atoms with Crippen LogP contribution in [0.2, 0.25) is 0 Å². The molecule has 0 saturated heterocycles. The van der Waals surface area contributed by atoms with E-state index in [0.29, 0.717) is 36.5 Å². The predicted molar refractivity (Wildman–Crippen MR) is 179 cm³/mol. The molecule has 0 fully saturated rings. The molecule has 246 valence electrons. The average molecular weight is 632 g/mol. The second-order valence-corrected chi connectivity index (χ2v) is 11.3. The Hall–Kier alpha value is -4.66. The summed E-state index contributed by atoms with van der Waals surface area (Å²) in [5, 5.41) is 20.6. The molecule has 3 rings (SSSR count). The highest BCUT2D eigenvalue weighted by Gasteiger charge is 2.20. The highest BCUT2D eigenvalue weighted by Crippen LogP contribution is 2.33. The Morgan fingerprint density at radius 1 is 0.739 bits per heavy atom. The molecule has 0 spiro atoms. The van der Waals surface area contributed by atoms with E-state index in [-0.39, 0.29) is 17.0 Å². The van der Waals surface area contributed by atoms with Crippen LogP contribution < -0.4 is 14.2 Å². The number of carbonyl (C=O) groups excluding carboxylic acids is 1. The molecule has 0 aliphatic carbocycles. The lowest BCUT2D eigenvalue weighted by Gasteiger charge is -2.10. The van der Waals surface area contributed by atoms with Gasteiger partial charge in [-0.3, -0.25) is 10.1 Å². The predicted octanol–water partition coefficient (Wildman–Crippen LogP) is 9.58. The zero-order chi connectivity index (χ0) is 33.1. The minimum Gasteiger partial charge on any atom is -0.494 e. The molecule has 1 N–H and O–H groups in total. The molecule has 0 bridgehead atoms. The van der Waals surface area contributed by atoms with E-state index in [0.717, 1.165) is 69.1 Å². The van der Waals surface area contributed by atoms with Crippen LogP contribution in [0.3, 0.4) is 0 Å². The molecule has 0 atom stereocenters. The zero-order valence-corrected chi connectivity index (χ0v) is 26.7. The highest BCUT2D eigenvalue weighted by molar-refractivity contribution is 5.92. The maximum absolute atomic E-state index is 12.8. The lowest BCUT2D eigenvalue weighted by Crippen LogP contribution is -2.10. The first-order valence-corrected chi connectivity index (χ1v) is 16.2. The number of nitrogens with zero attached hydrogens (tertiary/aromatic N) is 1. The molecule has 3 aromatic rings. The van der Waals surface area contributed by atoms with Gasteiger partial charge in [-0.25, -0.2) is 9.59 Å². The van der Waals surface area contributed by atoms with Crippen molar-refractivity contribution in [3.8, 4) is 28.4 Å². The second kappa shape index (κ2) is 19.7. The number of esters is 1. The Morgan fingerprint density at radius 2 is 1.26 bits per heavy atom. The normalized spacial score (nSPS) is 10.7.